The summed E-state index contributed by atoms with van der Waals surface area (Å²) < 4.78 is 137. The average Bonchev–Trinajstić information content (AvgIpc) is 3.68. The maximum atomic E-state index is 15.4. The van der Waals surface area contributed by atoms with Crippen LogP contribution in [0.4, 0.5) is 36.6 Å². The first-order chi connectivity index (χ1) is 27.8. The van der Waals surface area contributed by atoms with E-state index in [2.05, 4.69) is 37.4 Å². The average molecular weight is 865 g/mol. The molecule has 1 aliphatic heterocycles. The number of halogens is 8. The second-order valence-electron chi connectivity index (χ2n) is 14.6. The second kappa shape index (κ2) is 14.8. The summed E-state index contributed by atoms with van der Waals surface area (Å²) in [5.74, 6) is -3.25. The molecule has 5 aromatic rings. The van der Waals surface area contributed by atoms with Gasteiger partial charge in [-0.05, 0) is 60.6 Å². The fourth-order valence-corrected chi connectivity index (χ4v) is 8.58. The molecule has 2 aromatic carbocycles. The molecule has 4 atom stereocenters. The van der Waals surface area contributed by atoms with Crippen molar-refractivity contribution in [1.82, 2.24) is 35.2 Å². The molecule has 8 rings (SSSR count). The minimum atomic E-state index is -5.07. The highest BCUT2D eigenvalue weighted by molar-refractivity contribution is 7.92. The molecular formula is C38H32ClF7N8O4S. The van der Waals surface area contributed by atoms with Crippen LogP contribution in [0.25, 0.3) is 22.0 Å². The number of alkyl halides is 5. The van der Waals surface area contributed by atoms with Crippen molar-refractivity contribution < 1.29 is 48.7 Å². The zero-order valence-electron chi connectivity index (χ0n) is 30.9. The molecule has 3 N–H and O–H groups in total. The molecule has 0 spiro atoms. The highest BCUT2D eigenvalue weighted by Gasteiger charge is 2.68. The molecule has 1 saturated heterocycles. The number of anilines is 1. The zero-order valence-corrected chi connectivity index (χ0v) is 32.5. The monoisotopic (exact) mass is 864 g/mol. The van der Waals surface area contributed by atoms with E-state index in [1.165, 1.54) is 17.8 Å². The van der Waals surface area contributed by atoms with Gasteiger partial charge in [-0.3, -0.25) is 18.9 Å². The van der Waals surface area contributed by atoms with Crippen LogP contribution < -0.4 is 15.4 Å². The molecule has 3 aliphatic rings. The van der Waals surface area contributed by atoms with Gasteiger partial charge in [0.2, 0.25) is 15.9 Å². The third kappa shape index (κ3) is 7.95. The summed E-state index contributed by atoms with van der Waals surface area (Å²) in [6, 6.07) is 7.46. The molecule has 4 heterocycles. The van der Waals surface area contributed by atoms with Crippen molar-refractivity contribution in [2.75, 3.05) is 30.7 Å². The lowest BCUT2D eigenvalue weighted by molar-refractivity contribution is -0.142. The Morgan fingerprint density at radius 2 is 1.85 bits per heavy atom. The Hall–Kier alpha value is -5.23. The number of pyridine rings is 1. The number of morpholine rings is 1. The van der Waals surface area contributed by atoms with Crippen molar-refractivity contribution in [2.45, 2.75) is 49.5 Å². The van der Waals surface area contributed by atoms with Crippen LogP contribution in [-0.2, 0) is 51.7 Å². The maximum absolute atomic E-state index is 15.4. The molecule has 3 aromatic heterocycles. The number of ether oxygens (including phenoxy) is 1. The lowest BCUT2D eigenvalue weighted by atomic mass is 9.93. The molecule has 1 saturated carbocycles. The summed E-state index contributed by atoms with van der Waals surface area (Å²) >= 11 is 6.59. The van der Waals surface area contributed by atoms with Crippen molar-refractivity contribution in [1.29, 1.82) is 0 Å². The fraction of sp³-hybridized carbons (Fsp3) is 0.368. The predicted octanol–water partition coefficient (Wildman–Crippen LogP) is 5.80. The first-order valence-corrected chi connectivity index (χ1v) is 20.3. The summed E-state index contributed by atoms with van der Waals surface area (Å²) in [7, 11) is -2.32. The Kier molecular flexibility index (Phi) is 10.2. The summed E-state index contributed by atoms with van der Waals surface area (Å²) in [5, 5.41) is 13.9. The van der Waals surface area contributed by atoms with Crippen LogP contribution in [0.1, 0.15) is 52.3 Å². The van der Waals surface area contributed by atoms with E-state index in [4.69, 9.17) is 21.3 Å². The Morgan fingerprint density at radius 3 is 2.53 bits per heavy atom. The van der Waals surface area contributed by atoms with Gasteiger partial charge in [-0.1, -0.05) is 23.6 Å². The summed E-state index contributed by atoms with van der Waals surface area (Å²) in [5.41, 5.74) is -2.03. The van der Waals surface area contributed by atoms with Crippen LogP contribution in [0, 0.1) is 29.4 Å². The largest absolute Gasteiger partial charge is 0.435 e. The number of rotatable bonds is 9. The molecule has 0 bridgehead atoms. The normalized spacial score (nSPS) is 20.1. The summed E-state index contributed by atoms with van der Waals surface area (Å²) in [6.45, 7) is 0.373. The van der Waals surface area contributed by atoms with Gasteiger partial charge in [0.05, 0.1) is 40.5 Å². The minimum Gasteiger partial charge on any atom is -0.363 e. The number of aromatic nitrogens is 5. The third-order valence-corrected chi connectivity index (χ3v) is 11.1. The lowest BCUT2D eigenvalue weighted by Crippen LogP contribution is -2.37. The van der Waals surface area contributed by atoms with Gasteiger partial charge >= 0.3 is 6.18 Å². The smallest absolute Gasteiger partial charge is 0.363 e. The van der Waals surface area contributed by atoms with Gasteiger partial charge in [0, 0.05) is 48.8 Å². The summed E-state index contributed by atoms with van der Waals surface area (Å²) in [4.78, 5) is 18.7. The number of carbonyl (C=O) groups is 1. The van der Waals surface area contributed by atoms with Gasteiger partial charge in [0.1, 0.15) is 35.7 Å². The van der Waals surface area contributed by atoms with Crippen molar-refractivity contribution in [2.24, 2.45) is 13.0 Å². The van der Waals surface area contributed by atoms with Gasteiger partial charge in [-0.25, -0.2) is 22.2 Å². The van der Waals surface area contributed by atoms with E-state index in [1.54, 1.807) is 18.2 Å². The van der Waals surface area contributed by atoms with Crippen LogP contribution >= 0.6 is 11.6 Å². The van der Waals surface area contributed by atoms with E-state index in [0.717, 1.165) is 18.4 Å². The number of sulfonamides is 1. The van der Waals surface area contributed by atoms with E-state index in [0.29, 0.717) is 41.5 Å². The van der Waals surface area contributed by atoms with E-state index in [-0.39, 0.29) is 51.6 Å². The van der Waals surface area contributed by atoms with Crippen molar-refractivity contribution in [3.63, 3.8) is 0 Å². The molecule has 12 nitrogen and oxygen atoms in total. The molecular weight excluding hydrogens is 833 g/mol. The van der Waals surface area contributed by atoms with Crippen molar-refractivity contribution >= 4 is 44.3 Å². The maximum Gasteiger partial charge on any atom is 0.435 e. The Labute approximate surface area is 336 Å². The van der Waals surface area contributed by atoms with Crippen molar-refractivity contribution in [3.05, 3.63) is 93.0 Å². The highest BCUT2D eigenvalue weighted by atomic mass is 35.5. The first-order valence-electron chi connectivity index (χ1n) is 18.1. The van der Waals surface area contributed by atoms with E-state index in [1.807, 2.05) is 0 Å². The molecule has 21 heteroatoms. The second-order valence-corrected chi connectivity index (χ2v) is 16.7. The number of carbonyl (C=O) groups excluding carboxylic acids is 1. The highest BCUT2D eigenvalue weighted by Crippen LogP contribution is 2.68. The van der Waals surface area contributed by atoms with Crippen LogP contribution in [-0.4, -0.2) is 70.9 Å². The van der Waals surface area contributed by atoms with E-state index < -0.39 is 87.1 Å². The lowest BCUT2D eigenvalue weighted by Gasteiger charge is -2.23. The third-order valence-electron chi connectivity index (χ3n) is 10.2. The number of fused-ring (bicyclic) bond motifs is 4. The SMILES string of the molecule is Cn1nc(NS(C)(=O)=O)c2c(Cl)ccc(-c3ccc(C#CC4CNCCO4)nc3[C@H](Cc3cc(F)cc(F)c3)NC(=O)Cn3nc(C(F)(F)F)c4c3C(F)(F)[C@@H]3C[C@H]43)c21. The number of hydrogen-bond acceptors (Lipinski definition) is 8. The van der Waals surface area contributed by atoms with Gasteiger partial charge in [0.25, 0.3) is 5.92 Å². The number of benzene rings is 2. The van der Waals surface area contributed by atoms with Crippen LogP contribution in [0.5, 0.6) is 0 Å². The number of nitrogens with zero attached hydrogens (tertiary/aromatic N) is 5. The van der Waals surface area contributed by atoms with Gasteiger partial charge in [-0.15, -0.1) is 0 Å². The molecule has 0 radical (unpaired) electrons. The minimum absolute atomic E-state index is 0.0195. The Morgan fingerprint density at radius 1 is 1.12 bits per heavy atom. The molecule has 1 amide bonds. The predicted molar refractivity (Wildman–Crippen MR) is 200 cm³/mol. The number of nitrogens with one attached hydrogen (secondary N) is 3. The van der Waals surface area contributed by atoms with E-state index in [9.17, 15) is 35.2 Å². The Bertz CT molecular complexity index is 2680. The quantitative estimate of drug-likeness (QED) is 0.125. The van der Waals surface area contributed by atoms with Crippen LogP contribution in [0.2, 0.25) is 5.02 Å². The fourth-order valence-electron chi connectivity index (χ4n) is 7.84. The van der Waals surface area contributed by atoms with E-state index >= 15 is 8.78 Å². The molecule has 1 unspecified atom stereocenters. The topological polar surface area (TPSA) is 145 Å². The van der Waals surface area contributed by atoms with Crippen molar-refractivity contribution in [3.8, 4) is 23.0 Å². The molecule has 310 valence electrons. The number of hydrogen-bond donors (Lipinski definition) is 3. The summed E-state index contributed by atoms with van der Waals surface area (Å²) in [6.07, 6.45) is -5.18. The molecule has 2 fully saturated rings. The molecule has 2 aliphatic carbocycles. The molecule has 59 heavy (non-hydrogen) atoms. The van der Waals surface area contributed by atoms with Gasteiger partial charge < -0.3 is 15.4 Å². The first kappa shape index (κ1) is 40.5. The number of amides is 1. The Balaban J connectivity index is 1.27. The zero-order chi connectivity index (χ0) is 42.2. The van der Waals surface area contributed by atoms with Crippen LogP contribution in [0.15, 0.2) is 42.5 Å². The number of aryl methyl sites for hydroxylation is 1. The van der Waals surface area contributed by atoms with Gasteiger partial charge in [-0.2, -0.15) is 32.1 Å². The van der Waals surface area contributed by atoms with Gasteiger partial charge in [0.15, 0.2) is 11.5 Å². The van der Waals surface area contributed by atoms with Crippen LogP contribution in [0.3, 0.4) is 0 Å². The standard InChI is InChI=1S/C38H32ClF7N8O4S/c1-53-33-24(7-8-27(39)31(33)36(51-53)52-59(2,56)57)23-6-4-21(3-5-22-16-47-9-10-58-22)48-32(23)28(13-18-11-19(40)14-20(41)12-18)49-29(55)17-54-35-30(34(50-54)38(44,45)46)25-15-26(25)37(35,42)43/h4,6-8,11-12,14,22,25-26,28,47H,9-10,13,15-17H2,1-2H3,(H,49,55)(H,51,52)/t22?,25-,26+,28-/m0/s1.